The molecule has 0 radical (unpaired) electrons. The maximum atomic E-state index is 4.30. The third-order valence-corrected chi connectivity index (χ3v) is 3.33. The molecular formula is C23H40. The summed E-state index contributed by atoms with van der Waals surface area (Å²) in [5.41, 5.74) is 5.48. The van der Waals surface area contributed by atoms with Crippen molar-refractivity contribution in [3.63, 3.8) is 0 Å². The molecule has 1 rings (SSSR count). The fourth-order valence-electron chi connectivity index (χ4n) is 2.32. The molecule has 0 atom stereocenters. The molecule has 0 bridgehead atoms. The minimum Gasteiger partial charge on any atom is -0.0949 e. The van der Waals surface area contributed by atoms with Crippen LogP contribution in [-0.2, 0) is 0 Å². The van der Waals surface area contributed by atoms with Crippen LogP contribution in [0.15, 0.2) is 36.9 Å². The molecule has 1 aromatic carbocycles. The van der Waals surface area contributed by atoms with E-state index < -0.39 is 0 Å². The minimum atomic E-state index is 0.543. The number of allylic oxidation sites excluding steroid dienone is 3. The van der Waals surface area contributed by atoms with Crippen molar-refractivity contribution in [2.45, 2.75) is 87.0 Å². The van der Waals surface area contributed by atoms with Crippen molar-refractivity contribution < 1.29 is 0 Å². The lowest BCUT2D eigenvalue weighted by Crippen LogP contribution is -2.02. The summed E-state index contributed by atoms with van der Waals surface area (Å²) in [6.07, 6.45) is 6.47. The Hall–Kier alpha value is -1.30. The lowest BCUT2D eigenvalue weighted by Gasteiger charge is -2.20. The van der Waals surface area contributed by atoms with Crippen LogP contribution < -0.4 is 0 Å². The molecule has 1 aromatic rings. The van der Waals surface area contributed by atoms with Gasteiger partial charge in [-0.15, -0.1) is 0 Å². The third-order valence-electron chi connectivity index (χ3n) is 3.33. The highest BCUT2D eigenvalue weighted by atomic mass is 14.2. The molecule has 0 fully saturated rings. The zero-order valence-corrected chi connectivity index (χ0v) is 17.2. The van der Waals surface area contributed by atoms with Crippen LogP contribution in [0.25, 0.3) is 5.57 Å². The quantitative estimate of drug-likeness (QED) is 0.479. The standard InChI is InChI=1S/C18H26.C3H8.C2H6/c1-7-8-10-15(6)18-16(13(2)3)11-9-12-17(18)14(4)5;1-3-2;1-2/h7-9,11-14H,6,10H2,1-5H3;3H2,1-2H3;1-2H3/b8-7-;;. The average molecular weight is 317 g/mol. The first kappa shape index (κ1) is 24.0. The van der Waals surface area contributed by atoms with E-state index in [1.807, 2.05) is 13.8 Å². The number of benzene rings is 1. The van der Waals surface area contributed by atoms with Crippen molar-refractivity contribution >= 4 is 5.57 Å². The monoisotopic (exact) mass is 316 g/mol. The van der Waals surface area contributed by atoms with E-state index in [1.54, 1.807) is 0 Å². The van der Waals surface area contributed by atoms with Gasteiger partial charge in [0.1, 0.15) is 0 Å². The lowest BCUT2D eigenvalue weighted by atomic mass is 9.84. The maximum Gasteiger partial charge on any atom is -0.00973 e. The van der Waals surface area contributed by atoms with Crippen molar-refractivity contribution in [2.75, 3.05) is 0 Å². The minimum absolute atomic E-state index is 0.543. The van der Waals surface area contributed by atoms with E-state index >= 15 is 0 Å². The summed E-state index contributed by atoms with van der Waals surface area (Å²) in [5, 5.41) is 0. The second-order valence-electron chi connectivity index (χ2n) is 6.20. The van der Waals surface area contributed by atoms with Crippen molar-refractivity contribution in [1.29, 1.82) is 0 Å². The summed E-state index contributed by atoms with van der Waals surface area (Å²) < 4.78 is 0. The summed E-state index contributed by atoms with van der Waals surface area (Å²) in [7, 11) is 0. The second-order valence-corrected chi connectivity index (χ2v) is 6.20. The maximum absolute atomic E-state index is 4.30. The van der Waals surface area contributed by atoms with Gasteiger partial charge in [-0.3, -0.25) is 0 Å². The second kappa shape index (κ2) is 14.3. The summed E-state index contributed by atoms with van der Waals surface area (Å²) in [5.74, 6) is 1.09. The Bertz CT molecular complexity index is 421. The first-order chi connectivity index (χ1) is 10.9. The highest BCUT2D eigenvalue weighted by Crippen LogP contribution is 2.33. The molecule has 0 nitrogen and oxygen atoms in total. The van der Waals surface area contributed by atoms with Gasteiger partial charge in [0.05, 0.1) is 0 Å². The van der Waals surface area contributed by atoms with Gasteiger partial charge < -0.3 is 0 Å². The fourth-order valence-corrected chi connectivity index (χ4v) is 2.32. The third kappa shape index (κ3) is 8.79. The van der Waals surface area contributed by atoms with Crippen LogP contribution in [-0.4, -0.2) is 0 Å². The van der Waals surface area contributed by atoms with Crippen LogP contribution in [0.3, 0.4) is 0 Å². The Morgan fingerprint density at radius 1 is 1.00 bits per heavy atom. The van der Waals surface area contributed by atoms with Crippen LogP contribution >= 0.6 is 0 Å². The van der Waals surface area contributed by atoms with Gasteiger partial charge >= 0.3 is 0 Å². The van der Waals surface area contributed by atoms with Gasteiger partial charge in [-0.05, 0) is 47.4 Å². The summed E-state index contributed by atoms with van der Waals surface area (Å²) in [6, 6.07) is 6.66. The van der Waals surface area contributed by atoms with Crippen LogP contribution in [0.1, 0.15) is 104 Å². The molecule has 23 heavy (non-hydrogen) atoms. The number of hydrogen-bond donors (Lipinski definition) is 0. The van der Waals surface area contributed by atoms with Gasteiger partial charge in [-0.25, -0.2) is 0 Å². The van der Waals surface area contributed by atoms with E-state index in [-0.39, 0.29) is 0 Å². The molecule has 0 heteroatoms. The topological polar surface area (TPSA) is 0 Å². The molecule has 0 aliphatic rings. The Labute approximate surface area is 146 Å². The SMILES string of the molecule is C=C(C/C=C\C)c1c(C(C)C)cccc1C(C)C.CC.CCC. The van der Waals surface area contributed by atoms with Crippen molar-refractivity contribution in [3.8, 4) is 0 Å². The molecule has 0 aliphatic carbocycles. The molecule has 0 heterocycles. The van der Waals surface area contributed by atoms with Crippen LogP contribution in [0, 0.1) is 0 Å². The number of rotatable bonds is 5. The molecule has 0 aliphatic heterocycles. The van der Waals surface area contributed by atoms with Crippen molar-refractivity contribution in [2.24, 2.45) is 0 Å². The Kier molecular flexibility index (Phi) is 14.9. The predicted molar refractivity (Wildman–Crippen MR) is 110 cm³/mol. The smallest absolute Gasteiger partial charge is 0.00973 e. The molecule has 0 saturated heterocycles. The van der Waals surface area contributed by atoms with E-state index in [0.717, 1.165) is 6.42 Å². The molecule has 0 unspecified atom stereocenters. The van der Waals surface area contributed by atoms with Crippen LogP contribution in [0.2, 0.25) is 0 Å². The molecule has 0 N–H and O–H groups in total. The summed E-state index contributed by atoms with van der Waals surface area (Å²) in [6.45, 7) is 23.6. The Balaban J connectivity index is 0. The molecule has 0 amide bonds. The average Bonchev–Trinajstić information content (AvgIpc) is 2.54. The van der Waals surface area contributed by atoms with E-state index in [0.29, 0.717) is 11.8 Å². The number of hydrogen-bond acceptors (Lipinski definition) is 0. The first-order valence-electron chi connectivity index (χ1n) is 9.32. The summed E-state index contributed by atoms with van der Waals surface area (Å²) >= 11 is 0. The highest BCUT2D eigenvalue weighted by Gasteiger charge is 2.15. The lowest BCUT2D eigenvalue weighted by molar-refractivity contribution is 0.826. The Morgan fingerprint density at radius 2 is 1.39 bits per heavy atom. The molecule has 132 valence electrons. The normalized spacial score (nSPS) is 10.2. The Morgan fingerprint density at radius 3 is 1.70 bits per heavy atom. The van der Waals surface area contributed by atoms with Gasteiger partial charge in [0.15, 0.2) is 0 Å². The van der Waals surface area contributed by atoms with Crippen molar-refractivity contribution in [3.05, 3.63) is 53.6 Å². The molecular weight excluding hydrogens is 276 g/mol. The summed E-state index contributed by atoms with van der Waals surface area (Å²) in [4.78, 5) is 0. The first-order valence-corrected chi connectivity index (χ1v) is 9.32. The van der Waals surface area contributed by atoms with Gasteiger partial charge in [0.25, 0.3) is 0 Å². The van der Waals surface area contributed by atoms with Crippen molar-refractivity contribution in [1.82, 2.24) is 0 Å². The van der Waals surface area contributed by atoms with Crippen LogP contribution in [0.5, 0.6) is 0 Å². The molecule has 0 saturated carbocycles. The predicted octanol–water partition coefficient (Wildman–Crippen LogP) is 8.36. The zero-order valence-electron chi connectivity index (χ0n) is 17.2. The van der Waals surface area contributed by atoms with E-state index in [2.05, 4.69) is 85.4 Å². The largest absolute Gasteiger partial charge is 0.0949 e. The van der Waals surface area contributed by atoms with E-state index in [9.17, 15) is 0 Å². The van der Waals surface area contributed by atoms with E-state index in [4.69, 9.17) is 0 Å². The fraction of sp³-hybridized carbons (Fsp3) is 0.565. The van der Waals surface area contributed by atoms with Gasteiger partial charge in [0.2, 0.25) is 0 Å². The molecule has 0 aromatic heterocycles. The van der Waals surface area contributed by atoms with Gasteiger partial charge in [-0.2, -0.15) is 0 Å². The highest BCUT2D eigenvalue weighted by molar-refractivity contribution is 5.71. The molecule has 0 spiro atoms. The van der Waals surface area contributed by atoms with E-state index in [1.165, 1.54) is 28.7 Å². The van der Waals surface area contributed by atoms with Gasteiger partial charge in [0, 0.05) is 0 Å². The van der Waals surface area contributed by atoms with Gasteiger partial charge in [-0.1, -0.05) is 98.7 Å². The van der Waals surface area contributed by atoms with Crippen LogP contribution in [0.4, 0.5) is 0 Å². The zero-order chi connectivity index (χ0) is 18.4.